The summed E-state index contributed by atoms with van der Waals surface area (Å²) in [4.78, 5) is 17.3. The van der Waals surface area contributed by atoms with Crippen molar-refractivity contribution >= 4 is 11.5 Å². The lowest BCUT2D eigenvalue weighted by atomic mass is 10.0. The first-order valence-corrected chi connectivity index (χ1v) is 9.57. The SMILES string of the molecule is Cn1c(N2CCCC2Cc2ccccc2)cc(N2CCOCC2)cc1=O. The van der Waals surface area contributed by atoms with E-state index in [-0.39, 0.29) is 5.56 Å². The summed E-state index contributed by atoms with van der Waals surface area (Å²) in [6.45, 7) is 4.16. The Morgan fingerprint density at radius 1 is 1.08 bits per heavy atom. The lowest BCUT2D eigenvalue weighted by Crippen LogP contribution is -2.39. The van der Waals surface area contributed by atoms with Gasteiger partial charge in [-0.2, -0.15) is 0 Å². The monoisotopic (exact) mass is 353 g/mol. The van der Waals surface area contributed by atoms with E-state index < -0.39 is 0 Å². The molecule has 1 aromatic carbocycles. The molecule has 0 saturated carbocycles. The lowest BCUT2D eigenvalue weighted by Gasteiger charge is -2.32. The van der Waals surface area contributed by atoms with Crippen LogP contribution in [0.3, 0.4) is 0 Å². The molecular formula is C21H27N3O2. The highest BCUT2D eigenvalue weighted by Crippen LogP contribution is 2.29. The van der Waals surface area contributed by atoms with Gasteiger partial charge >= 0.3 is 0 Å². The molecule has 4 rings (SSSR count). The molecule has 1 aromatic heterocycles. The Hall–Kier alpha value is -2.27. The maximum absolute atomic E-state index is 12.6. The number of hydrogen-bond donors (Lipinski definition) is 0. The van der Waals surface area contributed by atoms with Gasteiger partial charge in [-0.3, -0.25) is 9.36 Å². The van der Waals surface area contributed by atoms with Crippen molar-refractivity contribution in [1.29, 1.82) is 0 Å². The van der Waals surface area contributed by atoms with Crippen molar-refractivity contribution in [2.45, 2.75) is 25.3 Å². The van der Waals surface area contributed by atoms with Crippen LogP contribution in [-0.2, 0) is 18.2 Å². The zero-order chi connectivity index (χ0) is 17.9. The summed E-state index contributed by atoms with van der Waals surface area (Å²) in [7, 11) is 1.89. The van der Waals surface area contributed by atoms with Crippen molar-refractivity contribution in [3.63, 3.8) is 0 Å². The van der Waals surface area contributed by atoms with Gasteiger partial charge in [0.15, 0.2) is 0 Å². The number of nitrogens with zero attached hydrogens (tertiary/aromatic N) is 3. The molecule has 2 saturated heterocycles. The third kappa shape index (κ3) is 3.49. The molecule has 26 heavy (non-hydrogen) atoms. The van der Waals surface area contributed by atoms with Crippen molar-refractivity contribution in [2.75, 3.05) is 42.6 Å². The van der Waals surface area contributed by atoms with Crippen LogP contribution in [0.4, 0.5) is 11.5 Å². The van der Waals surface area contributed by atoms with Gasteiger partial charge in [-0.05, 0) is 24.8 Å². The normalized spacial score (nSPS) is 20.6. The first-order valence-electron chi connectivity index (χ1n) is 9.57. The predicted octanol–water partition coefficient (Wildman–Crippen LogP) is 2.43. The molecule has 0 amide bonds. The van der Waals surface area contributed by atoms with Crippen molar-refractivity contribution in [2.24, 2.45) is 7.05 Å². The largest absolute Gasteiger partial charge is 0.378 e. The number of morpholine rings is 1. The Bertz CT molecular complexity index is 797. The number of benzene rings is 1. The van der Waals surface area contributed by atoms with Gasteiger partial charge in [0, 0.05) is 50.5 Å². The number of aromatic nitrogens is 1. The second-order valence-electron chi connectivity index (χ2n) is 7.25. The second-order valence-corrected chi connectivity index (χ2v) is 7.25. The van der Waals surface area contributed by atoms with Gasteiger partial charge in [0.1, 0.15) is 5.82 Å². The number of anilines is 2. The third-order valence-electron chi connectivity index (χ3n) is 5.58. The van der Waals surface area contributed by atoms with Crippen LogP contribution < -0.4 is 15.4 Å². The van der Waals surface area contributed by atoms with Gasteiger partial charge < -0.3 is 14.5 Å². The van der Waals surface area contributed by atoms with E-state index >= 15 is 0 Å². The van der Waals surface area contributed by atoms with Gasteiger partial charge in [0.2, 0.25) is 0 Å². The molecule has 0 bridgehead atoms. The van der Waals surface area contributed by atoms with E-state index in [4.69, 9.17) is 4.74 Å². The number of rotatable bonds is 4. The predicted molar refractivity (Wildman–Crippen MR) is 105 cm³/mol. The summed E-state index contributed by atoms with van der Waals surface area (Å²) < 4.78 is 7.25. The summed E-state index contributed by atoms with van der Waals surface area (Å²) >= 11 is 0. The molecule has 2 aliphatic rings. The Balaban J connectivity index is 1.62. The minimum Gasteiger partial charge on any atom is -0.378 e. The average Bonchev–Trinajstić information content (AvgIpc) is 3.13. The van der Waals surface area contributed by atoms with Crippen LogP contribution in [-0.4, -0.2) is 43.5 Å². The molecule has 0 radical (unpaired) electrons. The van der Waals surface area contributed by atoms with Crippen molar-refractivity contribution in [1.82, 2.24) is 4.57 Å². The molecule has 2 fully saturated rings. The van der Waals surface area contributed by atoms with E-state index in [0.717, 1.165) is 50.8 Å². The molecule has 2 aliphatic heterocycles. The van der Waals surface area contributed by atoms with E-state index in [2.05, 4.69) is 46.2 Å². The second kappa shape index (κ2) is 7.54. The summed E-state index contributed by atoms with van der Waals surface area (Å²) in [5, 5.41) is 0. The summed E-state index contributed by atoms with van der Waals surface area (Å²) in [6, 6.07) is 15.0. The molecule has 3 heterocycles. The lowest BCUT2D eigenvalue weighted by molar-refractivity contribution is 0.122. The first kappa shape index (κ1) is 17.2. The fourth-order valence-corrected chi connectivity index (χ4v) is 4.12. The van der Waals surface area contributed by atoms with E-state index in [0.29, 0.717) is 6.04 Å². The van der Waals surface area contributed by atoms with Crippen LogP contribution in [0.25, 0.3) is 0 Å². The smallest absolute Gasteiger partial charge is 0.253 e. The van der Waals surface area contributed by atoms with Gasteiger partial charge in [-0.25, -0.2) is 0 Å². The van der Waals surface area contributed by atoms with Crippen LogP contribution >= 0.6 is 0 Å². The third-order valence-corrected chi connectivity index (χ3v) is 5.58. The fourth-order valence-electron chi connectivity index (χ4n) is 4.12. The summed E-state index contributed by atoms with van der Waals surface area (Å²) in [5.74, 6) is 1.04. The molecular weight excluding hydrogens is 326 g/mol. The molecule has 0 aliphatic carbocycles. The molecule has 5 heteroatoms. The Morgan fingerprint density at radius 3 is 2.62 bits per heavy atom. The minimum atomic E-state index is 0.0642. The summed E-state index contributed by atoms with van der Waals surface area (Å²) in [5.41, 5.74) is 2.45. The topological polar surface area (TPSA) is 37.7 Å². The van der Waals surface area contributed by atoms with E-state index in [9.17, 15) is 4.79 Å². The Morgan fingerprint density at radius 2 is 1.85 bits per heavy atom. The highest BCUT2D eigenvalue weighted by molar-refractivity contribution is 5.57. The van der Waals surface area contributed by atoms with Crippen molar-refractivity contribution in [3.05, 3.63) is 58.4 Å². The van der Waals surface area contributed by atoms with Crippen LogP contribution in [0.5, 0.6) is 0 Å². The van der Waals surface area contributed by atoms with Crippen molar-refractivity contribution in [3.8, 4) is 0 Å². The van der Waals surface area contributed by atoms with Gasteiger partial charge in [-0.1, -0.05) is 30.3 Å². The van der Waals surface area contributed by atoms with Gasteiger partial charge in [0.05, 0.1) is 13.2 Å². The zero-order valence-corrected chi connectivity index (χ0v) is 15.4. The first-order chi connectivity index (χ1) is 12.7. The average molecular weight is 353 g/mol. The molecule has 5 nitrogen and oxygen atoms in total. The molecule has 138 valence electrons. The maximum atomic E-state index is 12.6. The van der Waals surface area contributed by atoms with Gasteiger partial charge in [0.25, 0.3) is 5.56 Å². The molecule has 0 spiro atoms. The minimum absolute atomic E-state index is 0.0642. The van der Waals surface area contributed by atoms with Crippen LogP contribution in [0.15, 0.2) is 47.3 Å². The Kier molecular flexibility index (Phi) is 4.98. The standard InChI is InChI=1S/C21H27N3O2/c1-22-20(15-19(16-21(22)25)23-10-12-26-13-11-23)24-9-5-8-18(24)14-17-6-3-2-4-7-17/h2-4,6-7,15-16,18H,5,8-14H2,1H3. The maximum Gasteiger partial charge on any atom is 0.253 e. The van der Waals surface area contributed by atoms with E-state index in [1.807, 2.05) is 7.05 Å². The quantitative estimate of drug-likeness (QED) is 0.846. The van der Waals surface area contributed by atoms with Crippen LogP contribution in [0.1, 0.15) is 18.4 Å². The highest BCUT2D eigenvalue weighted by atomic mass is 16.5. The fraction of sp³-hybridized carbons (Fsp3) is 0.476. The van der Waals surface area contributed by atoms with E-state index in [1.165, 1.54) is 18.4 Å². The number of ether oxygens (including phenoxy) is 1. The molecule has 2 aromatic rings. The van der Waals surface area contributed by atoms with Crippen LogP contribution in [0, 0.1) is 0 Å². The summed E-state index contributed by atoms with van der Waals surface area (Å²) in [6.07, 6.45) is 3.37. The number of hydrogen-bond acceptors (Lipinski definition) is 4. The van der Waals surface area contributed by atoms with Gasteiger partial charge in [-0.15, -0.1) is 0 Å². The van der Waals surface area contributed by atoms with Crippen LogP contribution in [0.2, 0.25) is 0 Å². The molecule has 1 atom stereocenters. The number of pyridine rings is 1. The molecule has 1 unspecified atom stereocenters. The van der Waals surface area contributed by atoms with Crippen molar-refractivity contribution < 1.29 is 4.74 Å². The van der Waals surface area contributed by atoms with E-state index in [1.54, 1.807) is 10.6 Å². The zero-order valence-electron chi connectivity index (χ0n) is 15.4. The Labute approximate surface area is 154 Å². The highest BCUT2D eigenvalue weighted by Gasteiger charge is 2.27. The molecule has 0 N–H and O–H groups in total.